The summed E-state index contributed by atoms with van der Waals surface area (Å²) in [5.41, 5.74) is 2.29. The average molecular weight is 466 g/mol. The molecule has 0 saturated carbocycles. The summed E-state index contributed by atoms with van der Waals surface area (Å²) in [5.74, 6) is 0.701. The van der Waals surface area contributed by atoms with Gasteiger partial charge in [0, 0.05) is 12.2 Å². The first kappa shape index (κ1) is 23.6. The molecule has 0 fully saturated rings. The van der Waals surface area contributed by atoms with Crippen molar-refractivity contribution in [2.75, 3.05) is 19.5 Å². The number of aromatic nitrogens is 3. The Balaban J connectivity index is 1.44. The van der Waals surface area contributed by atoms with Gasteiger partial charge < -0.3 is 14.8 Å². The van der Waals surface area contributed by atoms with Gasteiger partial charge in [-0.1, -0.05) is 36.0 Å². The highest BCUT2D eigenvalue weighted by Crippen LogP contribution is 2.21. The highest BCUT2D eigenvalue weighted by Gasteiger charge is 2.27. The lowest BCUT2D eigenvalue weighted by atomic mass is 10.1. The van der Waals surface area contributed by atoms with Crippen molar-refractivity contribution in [2.24, 2.45) is 0 Å². The maximum Gasteiger partial charge on any atom is 0.411 e. The van der Waals surface area contributed by atoms with Gasteiger partial charge in [0.1, 0.15) is 18.7 Å². The minimum atomic E-state index is -4.34. The molecule has 3 aromatic rings. The van der Waals surface area contributed by atoms with E-state index in [2.05, 4.69) is 20.3 Å². The number of hydrogen-bond acceptors (Lipinski definition) is 6. The monoisotopic (exact) mass is 466 g/mol. The Kier molecular flexibility index (Phi) is 8.12. The van der Waals surface area contributed by atoms with Gasteiger partial charge in [0.2, 0.25) is 5.91 Å². The molecule has 0 unspecified atom stereocenters. The second-order valence-corrected chi connectivity index (χ2v) is 7.61. The minimum absolute atomic E-state index is 0.127. The Morgan fingerprint density at radius 1 is 1.09 bits per heavy atom. The van der Waals surface area contributed by atoms with Crippen molar-refractivity contribution >= 4 is 17.7 Å². The normalized spacial score (nSPS) is 11.4. The fraction of sp³-hybridized carbons (Fsp3) is 0.286. The Morgan fingerprint density at radius 3 is 2.44 bits per heavy atom. The number of rotatable bonds is 10. The number of halogens is 3. The molecule has 0 spiro atoms. The first-order valence-corrected chi connectivity index (χ1v) is 10.5. The maximum absolute atomic E-state index is 12.2. The van der Waals surface area contributed by atoms with Crippen LogP contribution in [0.15, 0.2) is 60.0 Å². The van der Waals surface area contributed by atoms with Crippen LogP contribution in [0.25, 0.3) is 5.69 Å². The van der Waals surface area contributed by atoms with E-state index in [1.165, 1.54) is 11.8 Å². The number of nitrogens with zero attached hydrogens (tertiary/aromatic N) is 3. The van der Waals surface area contributed by atoms with Crippen LogP contribution >= 0.6 is 11.8 Å². The van der Waals surface area contributed by atoms with Crippen molar-refractivity contribution < 1.29 is 27.4 Å². The van der Waals surface area contributed by atoms with Crippen molar-refractivity contribution in [1.29, 1.82) is 0 Å². The summed E-state index contributed by atoms with van der Waals surface area (Å²) in [4.78, 5) is 12.2. The zero-order valence-electron chi connectivity index (χ0n) is 17.1. The van der Waals surface area contributed by atoms with Gasteiger partial charge in [-0.05, 0) is 35.4 Å². The average Bonchev–Trinajstić information content (AvgIpc) is 3.25. The topological polar surface area (TPSA) is 78.3 Å². The van der Waals surface area contributed by atoms with E-state index < -0.39 is 12.8 Å². The molecule has 0 aliphatic rings. The summed E-state index contributed by atoms with van der Waals surface area (Å²) in [6, 6.07) is 14.2. The second-order valence-electron chi connectivity index (χ2n) is 6.67. The Morgan fingerprint density at radius 2 is 1.78 bits per heavy atom. The van der Waals surface area contributed by atoms with Gasteiger partial charge in [-0.3, -0.25) is 9.36 Å². The number of hydrogen-bond donors (Lipinski definition) is 1. The summed E-state index contributed by atoms with van der Waals surface area (Å²) in [5, 5.41) is 11.4. The van der Waals surface area contributed by atoms with Crippen LogP contribution in [0.3, 0.4) is 0 Å². The smallest absolute Gasteiger partial charge is 0.411 e. The lowest BCUT2D eigenvalue weighted by Crippen LogP contribution is -2.24. The zero-order valence-corrected chi connectivity index (χ0v) is 17.9. The van der Waals surface area contributed by atoms with Gasteiger partial charge in [0.15, 0.2) is 5.16 Å². The molecule has 0 radical (unpaired) electrons. The van der Waals surface area contributed by atoms with Crippen LogP contribution in [0, 0.1) is 0 Å². The third-order valence-electron chi connectivity index (χ3n) is 4.25. The predicted octanol–water partition coefficient (Wildman–Crippen LogP) is 3.76. The first-order chi connectivity index (χ1) is 15.3. The quantitative estimate of drug-likeness (QED) is 0.459. The second kappa shape index (κ2) is 11.0. The van der Waals surface area contributed by atoms with E-state index in [9.17, 15) is 18.0 Å². The van der Waals surface area contributed by atoms with E-state index >= 15 is 0 Å². The highest BCUT2D eigenvalue weighted by molar-refractivity contribution is 7.99. The number of thioether (sulfide) groups is 1. The fourth-order valence-electron chi connectivity index (χ4n) is 2.66. The number of amides is 1. The molecular formula is C21H21F3N4O3S. The van der Waals surface area contributed by atoms with Crippen LogP contribution in [0.4, 0.5) is 13.2 Å². The molecule has 1 amide bonds. The molecule has 2 aromatic carbocycles. The van der Waals surface area contributed by atoms with Gasteiger partial charge in [-0.15, -0.1) is 10.2 Å². The van der Waals surface area contributed by atoms with Crippen LogP contribution in [0.2, 0.25) is 0 Å². The van der Waals surface area contributed by atoms with E-state index in [1.54, 1.807) is 42.3 Å². The molecule has 11 heteroatoms. The number of ether oxygens (including phenoxy) is 2. The van der Waals surface area contributed by atoms with Gasteiger partial charge in [0.05, 0.1) is 19.5 Å². The molecular weight excluding hydrogens is 445 g/mol. The molecule has 0 saturated heterocycles. The highest BCUT2D eigenvalue weighted by atomic mass is 32.2. The van der Waals surface area contributed by atoms with Gasteiger partial charge in [-0.2, -0.15) is 13.2 Å². The Bertz CT molecular complexity index is 1010. The largest absolute Gasteiger partial charge is 0.497 e. The molecule has 170 valence electrons. The standard InChI is InChI=1S/C21H21F3N4O3S/c1-30-18-8-6-17(7-9-18)28-14-26-27-20(28)32-12-19(29)25-10-15-2-4-16(5-3-15)11-31-13-21(22,23)24/h2-9,14H,10-13H2,1H3,(H,25,29). The summed E-state index contributed by atoms with van der Waals surface area (Å²) < 4.78 is 47.9. The number of carbonyl (C=O) groups is 1. The maximum atomic E-state index is 12.2. The number of carbonyl (C=O) groups excluding carboxylic acids is 1. The summed E-state index contributed by atoms with van der Waals surface area (Å²) in [7, 11) is 1.59. The van der Waals surface area contributed by atoms with Crippen molar-refractivity contribution in [3.8, 4) is 11.4 Å². The van der Waals surface area contributed by atoms with Crippen molar-refractivity contribution in [1.82, 2.24) is 20.1 Å². The lowest BCUT2D eigenvalue weighted by Gasteiger charge is -2.09. The van der Waals surface area contributed by atoms with Gasteiger partial charge in [0.25, 0.3) is 0 Å². The molecule has 7 nitrogen and oxygen atoms in total. The molecule has 0 aliphatic heterocycles. The van der Waals surface area contributed by atoms with E-state index in [0.29, 0.717) is 17.3 Å². The van der Waals surface area contributed by atoms with E-state index in [4.69, 9.17) is 4.74 Å². The van der Waals surface area contributed by atoms with Crippen LogP contribution in [0.5, 0.6) is 5.75 Å². The molecule has 0 bridgehead atoms. The van der Waals surface area contributed by atoms with Gasteiger partial charge >= 0.3 is 6.18 Å². The van der Waals surface area contributed by atoms with Crippen LogP contribution in [-0.4, -0.2) is 46.3 Å². The molecule has 1 N–H and O–H groups in total. The molecule has 0 atom stereocenters. The third kappa shape index (κ3) is 7.27. The predicted molar refractivity (Wildman–Crippen MR) is 113 cm³/mol. The lowest BCUT2D eigenvalue weighted by molar-refractivity contribution is -0.176. The van der Waals surface area contributed by atoms with Crippen molar-refractivity contribution in [2.45, 2.75) is 24.5 Å². The Labute approximate surface area is 186 Å². The van der Waals surface area contributed by atoms with E-state index in [0.717, 1.165) is 17.0 Å². The Hall–Kier alpha value is -3.05. The number of benzene rings is 2. The number of alkyl halides is 3. The van der Waals surface area contributed by atoms with Crippen LogP contribution in [0.1, 0.15) is 11.1 Å². The SMILES string of the molecule is COc1ccc(-n2cnnc2SCC(=O)NCc2ccc(COCC(F)(F)F)cc2)cc1. The summed E-state index contributed by atoms with van der Waals surface area (Å²) in [6.45, 7) is -1.11. The molecule has 1 aromatic heterocycles. The van der Waals surface area contributed by atoms with Crippen molar-refractivity contribution in [3.05, 3.63) is 66.0 Å². The van der Waals surface area contributed by atoms with E-state index in [1.807, 2.05) is 24.3 Å². The zero-order chi connectivity index (χ0) is 23.0. The number of nitrogens with one attached hydrogen (secondary N) is 1. The number of methoxy groups -OCH3 is 1. The molecule has 1 heterocycles. The summed E-state index contributed by atoms with van der Waals surface area (Å²) in [6.07, 6.45) is -2.77. The summed E-state index contributed by atoms with van der Waals surface area (Å²) >= 11 is 1.25. The third-order valence-corrected chi connectivity index (χ3v) is 5.19. The van der Waals surface area contributed by atoms with E-state index in [-0.39, 0.29) is 18.3 Å². The minimum Gasteiger partial charge on any atom is -0.497 e. The van der Waals surface area contributed by atoms with Crippen LogP contribution in [-0.2, 0) is 22.7 Å². The van der Waals surface area contributed by atoms with Crippen LogP contribution < -0.4 is 10.1 Å². The molecule has 32 heavy (non-hydrogen) atoms. The molecule has 3 rings (SSSR count). The van der Waals surface area contributed by atoms with Crippen molar-refractivity contribution in [3.63, 3.8) is 0 Å². The van der Waals surface area contributed by atoms with Gasteiger partial charge in [-0.25, -0.2) is 0 Å². The fourth-order valence-corrected chi connectivity index (χ4v) is 3.42. The first-order valence-electron chi connectivity index (χ1n) is 9.50. The molecule has 0 aliphatic carbocycles.